The van der Waals surface area contributed by atoms with E-state index in [0.717, 1.165) is 9.39 Å². The van der Waals surface area contributed by atoms with Gasteiger partial charge in [-0.3, -0.25) is 4.40 Å². The van der Waals surface area contributed by atoms with E-state index in [1.165, 1.54) is 0 Å². The molecule has 0 aliphatic rings. The molecule has 90 valence electrons. The molecular weight excluding hydrogens is 401 g/mol. The first-order valence-electron chi connectivity index (χ1n) is 4.92. The third-order valence-electron chi connectivity index (χ3n) is 2.16. The molecule has 0 radical (unpaired) electrons. The summed E-state index contributed by atoms with van der Waals surface area (Å²) in [4.78, 5) is 20.2. The van der Waals surface area contributed by atoms with Crippen LogP contribution in [0.2, 0.25) is 0 Å². The minimum absolute atomic E-state index is 0.277. The molecule has 2 heterocycles. The number of aryl methyl sites for hydroxylation is 1. The standard InChI is InChI=1S/C10H9BrIN3O2/c1-3-17-10(16)7-8(11)15-4-6(12)13-5(2)9(15)14-7/h4H,3H2,1-2H3. The van der Waals surface area contributed by atoms with Gasteiger partial charge in [-0.1, -0.05) is 0 Å². The zero-order valence-corrected chi connectivity index (χ0v) is 12.9. The lowest BCUT2D eigenvalue weighted by molar-refractivity contribution is 0.0519. The second-order valence-electron chi connectivity index (χ2n) is 3.31. The van der Waals surface area contributed by atoms with E-state index in [9.17, 15) is 4.79 Å². The lowest BCUT2D eigenvalue weighted by Gasteiger charge is -1.99. The van der Waals surface area contributed by atoms with Crippen LogP contribution < -0.4 is 0 Å². The van der Waals surface area contributed by atoms with E-state index in [-0.39, 0.29) is 5.69 Å². The Morgan fingerprint density at radius 1 is 1.59 bits per heavy atom. The van der Waals surface area contributed by atoms with Gasteiger partial charge in [0, 0.05) is 6.20 Å². The fraction of sp³-hybridized carbons (Fsp3) is 0.300. The number of ether oxygens (including phenoxy) is 1. The van der Waals surface area contributed by atoms with Crippen molar-refractivity contribution >= 4 is 50.1 Å². The van der Waals surface area contributed by atoms with E-state index in [1.54, 1.807) is 11.3 Å². The van der Waals surface area contributed by atoms with E-state index in [2.05, 4.69) is 48.5 Å². The average molecular weight is 410 g/mol. The van der Waals surface area contributed by atoms with Gasteiger partial charge in [-0.25, -0.2) is 14.8 Å². The number of imidazole rings is 1. The van der Waals surface area contributed by atoms with E-state index in [0.29, 0.717) is 16.9 Å². The summed E-state index contributed by atoms with van der Waals surface area (Å²) in [6, 6.07) is 0. The first-order valence-corrected chi connectivity index (χ1v) is 6.79. The molecule has 0 bridgehead atoms. The van der Waals surface area contributed by atoms with Crippen molar-refractivity contribution < 1.29 is 9.53 Å². The molecule has 2 aromatic rings. The number of halogens is 2. The van der Waals surface area contributed by atoms with Crippen LogP contribution in [0.25, 0.3) is 5.65 Å². The lowest BCUT2D eigenvalue weighted by atomic mass is 10.5. The number of aromatic nitrogens is 3. The zero-order chi connectivity index (χ0) is 12.6. The minimum atomic E-state index is -0.433. The number of carbonyl (C=O) groups excluding carboxylic acids is 1. The molecule has 2 rings (SSSR count). The molecular formula is C10H9BrIN3O2. The Hall–Kier alpha value is -0.700. The van der Waals surface area contributed by atoms with Gasteiger partial charge in [0.1, 0.15) is 8.30 Å². The van der Waals surface area contributed by atoms with Crippen molar-refractivity contribution in [3.8, 4) is 0 Å². The SMILES string of the molecule is CCOC(=O)c1nc2c(C)nc(I)cn2c1Br. The van der Waals surface area contributed by atoms with Gasteiger partial charge in [0.25, 0.3) is 0 Å². The van der Waals surface area contributed by atoms with Gasteiger partial charge < -0.3 is 4.74 Å². The van der Waals surface area contributed by atoms with Crippen LogP contribution in [0.4, 0.5) is 0 Å². The van der Waals surface area contributed by atoms with E-state index < -0.39 is 5.97 Å². The van der Waals surface area contributed by atoms with Gasteiger partial charge in [-0.05, 0) is 52.4 Å². The largest absolute Gasteiger partial charge is 0.461 e. The number of hydrogen-bond donors (Lipinski definition) is 0. The highest BCUT2D eigenvalue weighted by Crippen LogP contribution is 2.22. The van der Waals surface area contributed by atoms with Gasteiger partial charge in [0.05, 0.1) is 12.3 Å². The monoisotopic (exact) mass is 409 g/mol. The molecule has 0 N–H and O–H groups in total. The summed E-state index contributed by atoms with van der Waals surface area (Å²) >= 11 is 5.48. The normalized spacial score (nSPS) is 10.8. The molecule has 0 aliphatic carbocycles. The van der Waals surface area contributed by atoms with Crippen LogP contribution in [-0.2, 0) is 4.74 Å². The van der Waals surface area contributed by atoms with Crippen LogP contribution in [0.1, 0.15) is 23.1 Å². The third kappa shape index (κ3) is 2.30. The summed E-state index contributed by atoms with van der Waals surface area (Å²) in [6.45, 7) is 3.94. The summed E-state index contributed by atoms with van der Waals surface area (Å²) in [6.07, 6.45) is 1.81. The number of fused-ring (bicyclic) bond motifs is 1. The summed E-state index contributed by atoms with van der Waals surface area (Å²) in [5.74, 6) is -0.433. The van der Waals surface area contributed by atoms with Gasteiger partial charge in [0.15, 0.2) is 11.3 Å². The highest BCUT2D eigenvalue weighted by atomic mass is 127. The number of esters is 1. The first kappa shape index (κ1) is 12.7. The van der Waals surface area contributed by atoms with Crippen LogP contribution in [0.5, 0.6) is 0 Å². The Labute approximate surface area is 120 Å². The second kappa shape index (κ2) is 4.89. The summed E-state index contributed by atoms with van der Waals surface area (Å²) in [5, 5.41) is 0. The Balaban J connectivity index is 2.64. The summed E-state index contributed by atoms with van der Waals surface area (Å²) in [5.41, 5.74) is 1.70. The molecule has 0 saturated heterocycles. The van der Waals surface area contributed by atoms with E-state index in [1.807, 2.05) is 13.1 Å². The van der Waals surface area contributed by atoms with E-state index in [4.69, 9.17) is 4.74 Å². The number of hydrogen-bond acceptors (Lipinski definition) is 4. The fourth-order valence-corrected chi connectivity index (χ4v) is 2.62. The molecule has 5 nitrogen and oxygen atoms in total. The molecule has 0 amide bonds. The predicted molar refractivity (Wildman–Crippen MR) is 74.1 cm³/mol. The molecule has 0 aromatic carbocycles. The fourth-order valence-electron chi connectivity index (χ4n) is 1.46. The molecule has 0 aliphatic heterocycles. The van der Waals surface area contributed by atoms with Crippen molar-refractivity contribution in [2.75, 3.05) is 6.61 Å². The summed E-state index contributed by atoms with van der Waals surface area (Å²) in [7, 11) is 0. The van der Waals surface area contributed by atoms with Crippen molar-refractivity contribution in [3.63, 3.8) is 0 Å². The highest BCUT2D eigenvalue weighted by molar-refractivity contribution is 14.1. The van der Waals surface area contributed by atoms with Gasteiger partial charge in [-0.2, -0.15) is 0 Å². The smallest absolute Gasteiger partial charge is 0.359 e. The highest BCUT2D eigenvalue weighted by Gasteiger charge is 2.19. The Kier molecular flexibility index (Phi) is 3.67. The van der Waals surface area contributed by atoms with Crippen LogP contribution in [-0.4, -0.2) is 26.9 Å². The second-order valence-corrected chi connectivity index (χ2v) is 5.17. The van der Waals surface area contributed by atoms with Crippen LogP contribution >= 0.6 is 38.5 Å². The predicted octanol–water partition coefficient (Wildman–Crippen LogP) is 2.58. The molecule has 0 unspecified atom stereocenters. The molecule has 0 spiro atoms. The number of rotatable bonds is 2. The quantitative estimate of drug-likeness (QED) is 0.565. The molecule has 17 heavy (non-hydrogen) atoms. The first-order chi connectivity index (χ1) is 8.04. The molecule has 0 fully saturated rings. The molecule has 0 atom stereocenters. The Morgan fingerprint density at radius 3 is 2.94 bits per heavy atom. The van der Waals surface area contributed by atoms with Crippen LogP contribution in [0.3, 0.4) is 0 Å². The van der Waals surface area contributed by atoms with Gasteiger partial charge in [0.2, 0.25) is 0 Å². The van der Waals surface area contributed by atoms with Gasteiger partial charge >= 0.3 is 5.97 Å². The van der Waals surface area contributed by atoms with Crippen LogP contribution in [0.15, 0.2) is 10.8 Å². The Morgan fingerprint density at radius 2 is 2.29 bits per heavy atom. The van der Waals surface area contributed by atoms with Crippen molar-refractivity contribution in [1.82, 2.24) is 14.4 Å². The van der Waals surface area contributed by atoms with Crippen LogP contribution in [0, 0.1) is 10.6 Å². The third-order valence-corrected chi connectivity index (χ3v) is 3.43. The number of carbonyl (C=O) groups is 1. The molecule has 7 heteroatoms. The van der Waals surface area contributed by atoms with E-state index >= 15 is 0 Å². The number of nitrogens with zero attached hydrogens (tertiary/aromatic N) is 3. The summed E-state index contributed by atoms with van der Waals surface area (Å²) < 4.78 is 8.16. The minimum Gasteiger partial charge on any atom is -0.461 e. The maximum absolute atomic E-state index is 11.7. The molecule has 2 aromatic heterocycles. The van der Waals surface area contributed by atoms with Gasteiger partial charge in [-0.15, -0.1) is 0 Å². The lowest BCUT2D eigenvalue weighted by Crippen LogP contribution is -2.05. The van der Waals surface area contributed by atoms with Crippen molar-refractivity contribution in [2.45, 2.75) is 13.8 Å². The Bertz CT molecular complexity index is 597. The topological polar surface area (TPSA) is 56.5 Å². The maximum atomic E-state index is 11.7. The van der Waals surface area contributed by atoms with Crippen molar-refractivity contribution in [3.05, 3.63) is 25.9 Å². The average Bonchev–Trinajstić information content (AvgIpc) is 2.57. The zero-order valence-electron chi connectivity index (χ0n) is 9.20. The maximum Gasteiger partial charge on any atom is 0.359 e. The van der Waals surface area contributed by atoms with Crippen molar-refractivity contribution in [2.24, 2.45) is 0 Å². The molecule has 0 saturated carbocycles. The van der Waals surface area contributed by atoms with Crippen molar-refractivity contribution in [1.29, 1.82) is 0 Å².